The Bertz CT molecular complexity index is 920. The lowest BCUT2D eigenvalue weighted by molar-refractivity contribution is -0.133. The van der Waals surface area contributed by atoms with Gasteiger partial charge in [-0.05, 0) is 11.5 Å². The van der Waals surface area contributed by atoms with Crippen molar-refractivity contribution >= 4 is 17.7 Å². The molecule has 0 aliphatic carbocycles. The van der Waals surface area contributed by atoms with Crippen molar-refractivity contribution in [1.29, 1.82) is 0 Å². The highest BCUT2D eigenvalue weighted by Crippen LogP contribution is 2.33. The van der Waals surface area contributed by atoms with E-state index in [-0.39, 0.29) is 23.4 Å². The summed E-state index contributed by atoms with van der Waals surface area (Å²) in [5.41, 5.74) is 2.10. The zero-order chi connectivity index (χ0) is 20.4. The molecule has 2 aromatic rings. The minimum absolute atomic E-state index is 0.0332. The van der Waals surface area contributed by atoms with Gasteiger partial charge in [-0.3, -0.25) is 19.1 Å². The second kappa shape index (κ2) is 8.71. The first-order chi connectivity index (χ1) is 14.0. The normalized spacial score (nSPS) is 19.6. The molecule has 0 bridgehead atoms. The first-order valence-electron chi connectivity index (χ1n) is 10.3. The van der Waals surface area contributed by atoms with Crippen LogP contribution in [0.15, 0.2) is 46.3 Å². The smallest absolute Gasteiger partial charge is 0.254 e. The molecule has 0 unspecified atom stereocenters. The van der Waals surface area contributed by atoms with E-state index in [1.165, 1.54) is 5.56 Å². The molecule has 0 radical (unpaired) electrons. The molecule has 0 N–H and O–H groups in total. The van der Waals surface area contributed by atoms with Gasteiger partial charge in [0.2, 0.25) is 5.91 Å². The van der Waals surface area contributed by atoms with Gasteiger partial charge in [-0.2, -0.15) is 0 Å². The molecule has 1 atom stereocenters. The lowest BCUT2D eigenvalue weighted by Crippen LogP contribution is -2.48. The average molecular weight is 413 g/mol. The summed E-state index contributed by atoms with van der Waals surface area (Å²) in [6, 6.07) is 12.0. The molecule has 2 aliphatic rings. The van der Waals surface area contributed by atoms with Gasteiger partial charge in [-0.25, -0.2) is 4.98 Å². The predicted octanol–water partition coefficient (Wildman–Crippen LogP) is 2.75. The van der Waals surface area contributed by atoms with E-state index >= 15 is 0 Å². The summed E-state index contributed by atoms with van der Waals surface area (Å²) in [7, 11) is 0. The van der Waals surface area contributed by atoms with Crippen molar-refractivity contribution in [2.45, 2.75) is 43.9 Å². The number of hydrogen-bond donors (Lipinski definition) is 0. The number of amides is 1. The molecule has 29 heavy (non-hydrogen) atoms. The number of nitrogens with zero attached hydrogens (tertiary/aromatic N) is 4. The Labute approximate surface area is 175 Å². The van der Waals surface area contributed by atoms with Crippen LogP contribution in [0.4, 0.5) is 0 Å². The maximum atomic E-state index is 12.9. The quantitative estimate of drug-likeness (QED) is 0.707. The summed E-state index contributed by atoms with van der Waals surface area (Å²) in [6.07, 6.45) is 0.376. The molecule has 2 aliphatic heterocycles. The van der Waals surface area contributed by atoms with Crippen molar-refractivity contribution in [3.05, 3.63) is 58.0 Å². The van der Waals surface area contributed by atoms with Crippen molar-refractivity contribution < 1.29 is 4.79 Å². The number of piperazine rings is 1. The van der Waals surface area contributed by atoms with E-state index in [0.717, 1.165) is 49.3 Å². The first-order valence-corrected chi connectivity index (χ1v) is 11.3. The molecule has 6 nitrogen and oxygen atoms in total. The second-order valence-electron chi connectivity index (χ2n) is 8.14. The number of fused-ring (bicyclic) bond motifs is 1. The number of hydrogen-bond acceptors (Lipinski definition) is 5. The van der Waals surface area contributed by atoms with Crippen LogP contribution in [0.5, 0.6) is 0 Å². The van der Waals surface area contributed by atoms with Crippen LogP contribution in [0, 0.1) is 0 Å². The maximum absolute atomic E-state index is 12.9. The van der Waals surface area contributed by atoms with Gasteiger partial charge >= 0.3 is 0 Å². The van der Waals surface area contributed by atoms with Crippen LogP contribution >= 0.6 is 11.8 Å². The first kappa shape index (κ1) is 20.2. The monoisotopic (exact) mass is 412 g/mol. The topological polar surface area (TPSA) is 58.4 Å². The molecule has 7 heteroatoms. The SMILES string of the molecule is CC(C)c1cc(=O)n2c(n1)SC[C@@H]2CC(=O)N1CCN(Cc2ccccc2)CC1. The lowest BCUT2D eigenvalue weighted by Gasteiger charge is -2.35. The number of aromatic nitrogens is 2. The lowest BCUT2D eigenvalue weighted by atomic mass is 10.1. The van der Waals surface area contributed by atoms with Crippen LogP contribution in [-0.4, -0.2) is 57.2 Å². The average Bonchev–Trinajstić information content (AvgIpc) is 3.12. The fourth-order valence-electron chi connectivity index (χ4n) is 3.94. The summed E-state index contributed by atoms with van der Waals surface area (Å²) < 4.78 is 1.72. The molecule has 154 valence electrons. The van der Waals surface area contributed by atoms with E-state index < -0.39 is 0 Å². The number of benzene rings is 1. The summed E-state index contributed by atoms with van der Waals surface area (Å²) in [5, 5.41) is 0.756. The molecular formula is C22H28N4O2S. The zero-order valence-electron chi connectivity index (χ0n) is 17.1. The van der Waals surface area contributed by atoms with Gasteiger partial charge in [-0.1, -0.05) is 55.9 Å². The van der Waals surface area contributed by atoms with Crippen LogP contribution in [0.2, 0.25) is 0 Å². The Balaban J connectivity index is 1.34. The van der Waals surface area contributed by atoms with Gasteiger partial charge in [0.15, 0.2) is 5.16 Å². The van der Waals surface area contributed by atoms with Gasteiger partial charge in [0.1, 0.15) is 0 Å². The third-order valence-corrected chi connectivity index (χ3v) is 6.78. The Morgan fingerprint density at radius 1 is 1.17 bits per heavy atom. The standard InChI is InChI=1S/C22H28N4O2S/c1-16(2)19-13-21(28)26-18(15-29-22(26)23-19)12-20(27)25-10-8-24(9-11-25)14-17-6-4-3-5-7-17/h3-7,13,16,18H,8-12,14-15H2,1-2H3/t18-/m0/s1. The number of thioether (sulfide) groups is 1. The highest BCUT2D eigenvalue weighted by Gasteiger charge is 2.30. The molecule has 1 amide bonds. The van der Waals surface area contributed by atoms with Crippen LogP contribution in [0.25, 0.3) is 0 Å². The highest BCUT2D eigenvalue weighted by molar-refractivity contribution is 7.99. The number of rotatable bonds is 5. The van der Waals surface area contributed by atoms with Gasteiger partial charge in [-0.15, -0.1) is 0 Å². The molecule has 4 rings (SSSR count). The van der Waals surface area contributed by atoms with E-state index in [9.17, 15) is 9.59 Å². The molecule has 1 aromatic heterocycles. The van der Waals surface area contributed by atoms with E-state index in [0.29, 0.717) is 6.42 Å². The molecule has 0 spiro atoms. The number of carbonyl (C=O) groups is 1. The summed E-state index contributed by atoms with van der Waals surface area (Å²) >= 11 is 1.58. The van der Waals surface area contributed by atoms with E-state index in [4.69, 9.17) is 0 Å². The van der Waals surface area contributed by atoms with Crippen LogP contribution < -0.4 is 5.56 Å². The Hall–Kier alpha value is -2.12. The van der Waals surface area contributed by atoms with Gasteiger partial charge < -0.3 is 4.90 Å². The van der Waals surface area contributed by atoms with Gasteiger partial charge in [0.25, 0.3) is 5.56 Å². The molecule has 1 saturated heterocycles. The van der Waals surface area contributed by atoms with Crippen molar-refractivity contribution in [2.24, 2.45) is 0 Å². The summed E-state index contributed by atoms with van der Waals surface area (Å²) in [5.74, 6) is 1.11. The van der Waals surface area contributed by atoms with Crippen LogP contribution in [0.1, 0.15) is 43.5 Å². The van der Waals surface area contributed by atoms with E-state index in [2.05, 4.69) is 34.1 Å². The fourth-order valence-corrected chi connectivity index (χ4v) is 5.10. The molecule has 3 heterocycles. The second-order valence-corrected chi connectivity index (χ2v) is 9.13. The molecule has 1 aromatic carbocycles. The molecular weight excluding hydrogens is 384 g/mol. The molecule has 1 fully saturated rings. The van der Waals surface area contributed by atoms with Crippen molar-refractivity contribution in [1.82, 2.24) is 19.4 Å². The van der Waals surface area contributed by atoms with Crippen molar-refractivity contribution in [3.8, 4) is 0 Å². The third-order valence-electron chi connectivity index (χ3n) is 5.69. The molecule has 0 saturated carbocycles. The minimum Gasteiger partial charge on any atom is -0.340 e. The maximum Gasteiger partial charge on any atom is 0.254 e. The Morgan fingerprint density at radius 2 is 1.90 bits per heavy atom. The van der Waals surface area contributed by atoms with Crippen molar-refractivity contribution in [2.75, 3.05) is 31.9 Å². The highest BCUT2D eigenvalue weighted by atomic mass is 32.2. The predicted molar refractivity (Wildman–Crippen MR) is 115 cm³/mol. The fraction of sp³-hybridized carbons (Fsp3) is 0.500. The summed E-state index contributed by atoms with van der Waals surface area (Å²) in [6.45, 7) is 8.27. The summed E-state index contributed by atoms with van der Waals surface area (Å²) in [4.78, 5) is 34.4. The largest absolute Gasteiger partial charge is 0.340 e. The van der Waals surface area contributed by atoms with Crippen molar-refractivity contribution in [3.63, 3.8) is 0 Å². The number of carbonyl (C=O) groups excluding carboxylic acids is 1. The van der Waals surface area contributed by atoms with Crippen LogP contribution in [0.3, 0.4) is 0 Å². The Kier molecular flexibility index (Phi) is 6.06. The van der Waals surface area contributed by atoms with E-state index in [1.807, 2.05) is 24.8 Å². The minimum atomic E-state index is -0.0916. The third kappa shape index (κ3) is 4.56. The van der Waals surface area contributed by atoms with Gasteiger partial charge in [0.05, 0.1) is 11.7 Å². The van der Waals surface area contributed by atoms with E-state index in [1.54, 1.807) is 22.4 Å². The zero-order valence-corrected chi connectivity index (χ0v) is 17.9. The Morgan fingerprint density at radius 3 is 2.59 bits per heavy atom. The van der Waals surface area contributed by atoms with Gasteiger partial charge in [0, 0.05) is 51.0 Å². The van der Waals surface area contributed by atoms with Crippen LogP contribution in [-0.2, 0) is 11.3 Å².